The maximum atomic E-state index is 9.54. The first-order chi connectivity index (χ1) is 21.2. The molecular formula is C38H20N4O. The van der Waals surface area contributed by atoms with Gasteiger partial charge in [-0.3, -0.25) is 0 Å². The number of furan rings is 1. The quantitative estimate of drug-likeness (QED) is 0.202. The minimum absolute atomic E-state index is 0.624. The normalized spacial score (nSPS) is 11.7. The van der Waals surface area contributed by atoms with Crippen LogP contribution in [-0.4, -0.2) is 9.13 Å². The van der Waals surface area contributed by atoms with Gasteiger partial charge in [-0.05, 0) is 72.1 Å². The van der Waals surface area contributed by atoms with Crippen LogP contribution in [0.15, 0.2) is 126 Å². The highest BCUT2D eigenvalue weighted by molar-refractivity contribution is 6.14. The molecule has 0 aliphatic rings. The van der Waals surface area contributed by atoms with Gasteiger partial charge in [0.2, 0.25) is 0 Å². The lowest BCUT2D eigenvalue weighted by molar-refractivity contribution is 0.666. The highest BCUT2D eigenvalue weighted by Gasteiger charge is 2.19. The van der Waals surface area contributed by atoms with E-state index in [9.17, 15) is 5.26 Å². The second-order valence-electron chi connectivity index (χ2n) is 10.8. The van der Waals surface area contributed by atoms with Gasteiger partial charge in [-0.1, -0.05) is 54.6 Å². The molecule has 5 nitrogen and oxygen atoms in total. The average molecular weight is 549 g/mol. The van der Waals surface area contributed by atoms with Crippen LogP contribution in [0.2, 0.25) is 0 Å². The summed E-state index contributed by atoms with van der Waals surface area (Å²) in [5, 5.41) is 15.9. The standard InChI is InChI=1S/C38H20N4O/c1-40-24-14-17-35-30(20-24)27-8-3-5-11-33(27)42(35)36-12-6-9-28-31-21-25(15-18-37(31)43-38(28)36)41-32-10-4-2-7-26(32)29-19-23(22-39)13-16-34(29)41/h2-21H. The molecule has 6 aromatic carbocycles. The molecule has 5 heteroatoms. The van der Waals surface area contributed by atoms with Crippen molar-refractivity contribution in [1.29, 1.82) is 5.26 Å². The topological polar surface area (TPSA) is 51.1 Å². The Hall–Kier alpha value is -6.30. The largest absolute Gasteiger partial charge is 0.454 e. The summed E-state index contributed by atoms with van der Waals surface area (Å²) in [5.74, 6) is 0. The molecule has 198 valence electrons. The maximum Gasteiger partial charge on any atom is 0.188 e. The van der Waals surface area contributed by atoms with Gasteiger partial charge >= 0.3 is 0 Å². The van der Waals surface area contributed by atoms with Crippen molar-refractivity contribution >= 4 is 71.2 Å². The van der Waals surface area contributed by atoms with Gasteiger partial charge in [0, 0.05) is 32.6 Å². The monoisotopic (exact) mass is 548 g/mol. The molecule has 3 heterocycles. The maximum absolute atomic E-state index is 9.54. The molecule has 0 saturated heterocycles. The molecule has 0 spiro atoms. The third-order valence-electron chi connectivity index (χ3n) is 8.55. The Kier molecular flexibility index (Phi) is 4.68. The lowest BCUT2D eigenvalue weighted by atomic mass is 10.1. The van der Waals surface area contributed by atoms with Crippen LogP contribution in [0.5, 0.6) is 0 Å². The van der Waals surface area contributed by atoms with E-state index >= 15 is 0 Å². The van der Waals surface area contributed by atoms with E-state index in [0.717, 1.165) is 76.9 Å². The molecule has 9 aromatic rings. The predicted octanol–water partition coefficient (Wildman–Crippen LogP) is 10.2. The lowest BCUT2D eigenvalue weighted by Crippen LogP contribution is -1.94. The molecule has 0 aliphatic heterocycles. The van der Waals surface area contributed by atoms with Gasteiger partial charge in [0.1, 0.15) is 5.58 Å². The zero-order valence-electron chi connectivity index (χ0n) is 22.7. The molecule has 0 aliphatic carbocycles. The number of benzene rings is 6. The Morgan fingerprint density at radius 2 is 1.26 bits per heavy atom. The van der Waals surface area contributed by atoms with Crippen LogP contribution in [0.3, 0.4) is 0 Å². The fourth-order valence-electron chi connectivity index (χ4n) is 6.70. The van der Waals surface area contributed by atoms with Crippen LogP contribution in [0, 0.1) is 17.9 Å². The summed E-state index contributed by atoms with van der Waals surface area (Å²) in [6.07, 6.45) is 0. The summed E-state index contributed by atoms with van der Waals surface area (Å²) >= 11 is 0. The van der Waals surface area contributed by atoms with Crippen molar-refractivity contribution < 1.29 is 4.42 Å². The Bertz CT molecular complexity index is 2710. The zero-order valence-corrected chi connectivity index (χ0v) is 22.7. The van der Waals surface area contributed by atoms with E-state index in [1.54, 1.807) is 0 Å². The van der Waals surface area contributed by atoms with Gasteiger partial charge in [0.15, 0.2) is 11.3 Å². The van der Waals surface area contributed by atoms with Gasteiger partial charge in [-0.25, -0.2) is 4.85 Å². The predicted molar refractivity (Wildman–Crippen MR) is 173 cm³/mol. The van der Waals surface area contributed by atoms with Crippen molar-refractivity contribution in [3.63, 3.8) is 0 Å². The average Bonchev–Trinajstić information content (AvgIpc) is 3.71. The highest BCUT2D eigenvalue weighted by atomic mass is 16.3. The molecule has 0 N–H and O–H groups in total. The summed E-state index contributed by atoms with van der Waals surface area (Å²) in [6.45, 7) is 7.53. The molecule has 0 amide bonds. The first-order valence-corrected chi connectivity index (χ1v) is 14.0. The van der Waals surface area contributed by atoms with Crippen molar-refractivity contribution in [3.05, 3.63) is 138 Å². The summed E-state index contributed by atoms with van der Waals surface area (Å²) < 4.78 is 11.1. The van der Waals surface area contributed by atoms with Gasteiger partial charge in [0.05, 0.1) is 46.0 Å². The number of hydrogen-bond acceptors (Lipinski definition) is 2. The Labute approximate surface area is 245 Å². The first kappa shape index (κ1) is 23.4. The molecule has 3 aromatic heterocycles. The van der Waals surface area contributed by atoms with Gasteiger partial charge in [-0.2, -0.15) is 5.26 Å². The van der Waals surface area contributed by atoms with Crippen molar-refractivity contribution in [2.75, 3.05) is 0 Å². The number of rotatable bonds is 2. The number of para-hydroxylation sites is 3. The second-order valence-corrected chi connectivity index (χ2v) is 10.8. The van der Waals surface area contributed by atoms with E-state index in [2.05, 4.69) is 74.6 Å². The first-order valence-electron chi connectivity index (χ1n) is 14.0. The second kappa shape index (κ2) is 8.60. The van der Waals surface area contributed by atoms with Crippen LogP contribution < -0.4 is 0 Å². The molecule has 0 saturated carbocycles. The lowest BCUT2D eigenvalue weighted by Gasteiger charge is -2.09. The zero-order chi connectivity index (χ0) is 28.7. The van der Waals surface area contributed by atoms with E-state index in [4.69, 9.17) is 11.0 Å². The van der Waals surface area contributed by atoms with Crippen LogP contribution in [0.25, 0.3) is 81.8 Å². The minimum atomic E-state index is 0.624. The smallest absolute Gasteiger partial charge is 0.188 e. The summed E-state index contributed by atoms with van der Waals surface area (Å²) in [5.41, 5.74) is 9.12. The number of fused-ring (bicyclic) bond motifs is 9. The highest BCUT2D eigenvalue weighted by Crippen LogP contribution is 2.40. The van der Waals surface area contributed by atoms with Crippen LogP contribution in [0.4, 0.5) is 5.69 Å². The summed E-state index contributed by atoms with van der Waals surface area (Å²) in [4.78, 5) is 3.67. The van der Waals surface area contributed by atoms with Crippen molar-refractivity contribution in [1.82, 2.24) is 9.13 Å². The van der Waals surface area contributed by atoms with Gasteiger partial charge in [0.25, 0.3) is 0 Å². The third-order valence-corrected chi connectivity index (χ3v) is 8.55. The summed E-state index contributed by atoms with van der Waals surface area (Å²) in [6, 6.07) is 43.3. The Balaban J connectivity index is 1.32. The third kappa shape index (κ3) is 3.19. The molecule has 0 unspecified atom stereocenters. The van der Waals surface area contributed by atoms with Gasteiger partial charge in [-0.15, -0.1) is 0 Å². The van der Waals surface area contributed by atoms with Crippen LogP contribution in [-0.2, 0) is 0 Å². The van der Waals surface area contributed by atoms with Crippen molar-refractivity contribution in [2.45, 2.75) is 0 Å². The van der Waals surface area contributed by atoms with E-state index in [-0.39, 0.29) is 0 Å². The molecule has 0 radical (unpaired) electrons. The molecular weight excluding hydrogens is 528 g/mol. The SMILES string of the molecule is [C-]#[N+]c1ccc2c(c1)c1ccccc1n2-c1cccc2c1oc1ccc(-n3c4ccccc4c4cc(C#N)ccc43)cc12. The molecule has 0 bridgehead atoms. The fraction of sp³-hybridized carbons (Fsp3) is 0. The number of aromatic nitrogens is 2. The van der Waals surface area contributed by atoms with E-state index in [0.29, 0.717) is 11.3 Å². The van der Waals surface area contributed by atoms with E-state index < -0.39 is 0 Å². The van der Waals surface area contributed by atoms with E-state index in [1.165, 1.54) is 0 Å². The van der Waals surface area contributed by atoms with Crippen molar-refractivity contribution in [3.8, 4) is 17.4 Å². The van der Waals surface area contributed by atoms with Crippen molar-refractivity contribution in [2.24, 2.45) is 0 Å². The van der Waals surface area contributed by atoms with Crippen LogP contribution in [0.1, 0.15) is 5.56 Å². The fourth-order valence-corrected chi connectivity index (χ4v) is 6.70. The molecule has 0 atom stereocenters. The Morgan fingerprint density at radius 3 is 2.05 bits per heavy atom. The van der Waals surface area contributed by atoms with Gasteiger partial charge < -0.3 is 13.6 Å². The molecule has 0 fully saturated rings. The summed E-state index contributed by atoms with van der Waals surface area (Å²) in [7, 11) is 0. The minimum Gasteiger partial charge on any atom is -0.454 e. The van der Waals surface area contributed by atoms with E-state index in [1.807, 2.05) is 66.7 Å². The van der Waals surface area contributed by atoms with Crippen LogP contribution >= 0.6 is 0 Å². The number of hydrogen-bond donors (Lipinski definition) is 0. The molecule has 9 rings (SSSR count). The Morgan fingerprint density at radius 1 is 0.581 bits per heavy atom. The number of nitrogens with zero attached hydrogens (tertiary/aromatic N) is 4. The number of nitriles is 1. The molecule has 43 heavy (non-hydrogen) atoms.